The van der Waals surface area contributed by atoms with Gasteiger partial charge in [-0.15, -0.1) is 0 Å². The minimum absolute atomic E-state index is 0.335. The van der Waals surface area contributed by atoms with Crippen molar-refractivity contribution in [1.29, 1.82) is 0 Å². The number of carboxylic acid groups (broad SMARTS) is 1. The van der Waals surface area contributed by atoms with Gasteiger partial charge in [-0.1, -0.05) is 0 Å². The lowest BCUT2D eigenvalue weighted by Crippen LogP contribution is -2.45. The topological polar surface area (TPSA) is 138 Å². The number of amides is 2. The van der Waals surface area contributed by atoms with Gasteiger partial charge in [0, 0.05) is 17.0 Å². The molecule has 1 aromatic heterocycles. The summed E-state index contributed by atoms with van der Waals surface area (Å²) in [4.78, 5) is 46.0. The van der Waals surface area contributed by atoms with Gasteiger partial charge in [0.2, 0.25) is 5.91 Å². The number of hydrogen-bond acceptors (Lipinski definition) is 7. The number of carbonyl (C=O) groups is 3. The number of nitrogens with one attached hydrogen (secondary N) is 2. The summed E-state index contributed by atoms with van der Waals surface area (Å²) in [6, 6.07) is 5.09. The maximum absolute atomic E-state index is 12.2. The van der Waals surface area contributed by atoms with E-state index in [1.165, 1.54) is 6.92 Å². The molecule has 1 aromatic carbocycles. The van der Waals surface area contributed by atoms with Crippen molar-refractivity contribution >= 4 is 28.8 Å². The fourth-order valence-electron chi connectivity index (χ4n) is 3.30. The number of ether oxygens (including phenoxy) is 1. The van der Waals surface area contributed by atoms with E-state index in [1.54, 1.807) is 12.1 Å². The van der Waals surface area contributed by atoms with E-state index in [-0.39, 0.29) is 5.63 Å². The minimum atomic E-state index is -1.43. The fourth-order valence-corrected chi connectivity index (χ4v) is 3.30. The first-order valence-electron chi connectivity index (χ1n) is 9.34. The van der Waals surface area contributed by atoms with Gasteiger partial charge >= 0.3 is 5.63 Å². The van der Waals surface area contributed by atoms with E-state index in [0.29, 0.717) is 11.3 Å². The Morgan fingerprint density at radius 2 is 1.86 bits per heavy atom. The average molecular weight is 401 g/mol. The van der Waals surface area contributed by atoms with Crippen molar-refractivity contribution in [1.82, 2.24) is 10.6 Å². The summed E-state index contributed by atoms with van der Waals surface area (Å²) in [5.74, 6) is -2.29. The summed E-state index contributed by atoms with van der Waals surface area (Å²) in [5, 5.41) is 15.6. The SMILES string of the molecule is C[C@@H](Oc1ccc2c3c(c(=O)oc2c1)CCCC3)C(=O)NCC(=O)NCC(=O)[O-]. The van der Waals surface area contributed by atoms with Crippen molar-refractivity contribution in [3.63, 3.8) is 0 Å². The van der Waals surface area contributed by atoms with Gasteiger partial charge in [-0.25, -0.2) is 4.79 Å². The van der Waals surface area contributed by atoms with Crippen molar-refractivity contribution in [2.75, 3.05) is 13.1 Å². The first-order valence-corrected chi connectivity index (χ1v) is 9.34. The maximum atomic E-state index is 12.2. The Labute approximate surface area is 166 Å². The van der Waals surface area contributed by atoms with Crippen LogP contribution < -0.4 is 26.1 Å². The summed E-state index contributed by atoms with van der Waals surface area (Å²) in [7, 11) is 0. The first kappa shape index (κ1) is 20.4. The summed E-state index contributed by atoms with van der Waals surface area (Å²) in [5.41, 5.74) is 1.82. The molecule has 3 rings (SSSR count). The van der Waals surface area contributed by atoms with Crippen LogP contribution in [0.25, 0.3) is 11.0 Å². The highest BCUT2D eigenvalue weighted by Crippen LogP contribution is 2.29. The normalized spacial score (nSPS) is 14.0. The lowest BCUT2D eigenvalue weighted by molar-refractivity contribution is -0.304. The lowest BCUT2D eigenvalue weighted by atomic mass is 9.91. The van der Waals surface area contributed by atoms with E-state index in [2.05, 4.69) is 10.6 Å². The molecule has 0 saturated heterocycles. The second-order valence-electron chi connectivity index (χ2n) is 6.84. The molecule has 9 nitrogen and oxygen atoms in total. The first-order chi connectivity index (χ1) is 13.8. The molecule has 0 aliphatic heterocycles. The molecule has 154 valence electrons. The largest absolute Gasteiger partial charge is 0.548 e. The second-order valence-corrected chi connectivity index (χ2v) is 6.84. The van der Waals surface area contributed by atoms with Crippen molar-refractivity contribution in [3.8, 4) is 5.75 Å². The zero-order chi connectivity index (χ0) is 21.0. The molecule has 0 saturated carbocycles. The van der Waals surface area contributed by atoms with E-state index in [0.717, 1.165) is 42.2 Å². The molecule has 0 bridgehead atoms. The summed E-state index contributed by atoms with van der Waals surface area (Å²) in [6.45, 7) is 0.479. The number of rotatable bonds is 7. The van der Waals surface area contributed by atoms with Crippen molar-refractivity contribution in [2.45, 2.75) is 38.7 Å². The number of carbonyl (C=O) groups excluding carboxylic acids is 3. The van der Waals surface area contributed by atoms with Crippen LogP contribution in [0.3, 0.4) is 0 Å². The molecular weight excluding hydrogens is 380 g/mol. The second kappa shape index (κ2) is 8.76. The van der Waals surface area contributed by atoms with Crippen LogP contribution in [-0.4, -0.2) is 37.0 Å². The third kappa shape index (κ3) is 4.92. The molecule has 0 fully saturated rings. The molecule has 1 aliphatic rings. The van der Waals surface area contributed by atoms with E-state index < -0.39 is 37.0 Å². The van der Waals surface area contributed by atoms with Gasteiger partial charge in [-0.2, -0.15) is 0 Å². The molecule has 29 heavy (non-hydrogen) atoms. The van der Waals surface area contributed by atoms with Crippen LogP contribution in [0.2, 0.25) is 0 Å². The lowest BCUT2D eigenvalue weighted by Gasteiger charge is -2.17. The summed E-state index contributed by atoms with van der Waals surface area (Å²) in [6.07, 6.45) is 2.63. The van der Waals surface area contributed by atoms with Crippen molar-refractivity contribution in [2.24, 2.45) is 0 Å². The van der Waals surface area contributed by atoms with Crippen LogP contribution in [-0.2, 0) is 27.2 Å². The van der Waals surface area contributed by atoms with Gasteiger partial charge in [-0.3, -0.25) is 9.59 Å². The van der Waals surface area contributed by atoms with Crippen LogP contribution in [0.5, 0.6) is 5.75 Å². The Hall–Kier alpha value is -3.36. The van der Waals surface area contributed by atoms with Crippen LogP contribution in [0.1, 0.15) is 30.9 Å². The van der Waals surface area contributed by atoms with E-state index in [1.807, 2.05) is 6.07 Å². The zero-order valence-electron chi connectivity index (χ0n) is 15.9. The van der Waals surface area contributed by atoms with Gasteiger partial charge in [0.05, 0.1) is 19.1 Å². The number of hydrogen-bond donors (Lipinski definition) is 2. The van der Waals surface area contributed by atoms with Crippen LogP contribution in [0.15, 0.2) is 27.4 Å². The molecule has 1 heterocycles. The Bertz CT molecular complexity index is 1010. The molecule has 9 heteroatoms. The highest BCUT2D eigenvalue weighted by Gasteiger charge is 2.20. The molecule has 2 aromatic rings. The average Bonchev–Trinajstić information content (AvgIpc) is 2.70. The van der Waals surface area contributed by atoms with Gasteiger partial charge < -0.3 is 29.7 Å². The molecular formula is C20H21N2O7-. The smallest absolute Gasteiger partial charge is 0.339 e. The number of fused-ring (bicyclic) bond motifs is 3. The van der Waals surface area contributed by atoms with E-state index in [9.17, 15) is 24.3 Å². The Morgan fingerprint density at radius 1 is 1.14 bits per heavy atom. The minimum Gasteiger partial charge on any atom is -0.548 e. The fraction of sp³-hybridized carbons (Fsp3) is 0.400. The van der Waals surface area contributed by atoms with Gasteiger partial charge in [0.15, 0.2) is 6.10 Å². The zero-order valence-corrected chi connectivity index (χ0v) is 15.9. The quantitative estimate of drug-likeness (QED) is 0.592. The molecule has 1 atom stereocenters. The number of aliphatic carboxylic acids is 1. The van der Waals surface area contributed by atoms with Crippen LogP contribution >= 0.6 is 0 Å². The van der Waals surface area contributed by atoms with Crippen molar-refractivity contribution in [3.05, 3.63) is 39.7 Å². The van der Waals surface area contributed by atoms with Gasteiger partial charge in [0.1, 0.15) is 11.3 Å². The Morgan fingerprint density at radius 3 is 2.59 bits per heavy atom. The van der Waals surface area contributed by atoms with Gasteiger partial charge in [-0.05, 0) is 50.3 Å². The Kier molecular flexibility index (Phi) is 6.16. The standard InChI is InChI=1S/C20H22N2O7/c1-11(19(26)22-9-17(23)21-10-18(24)25)28-12-6-7-14-13-4-2-3-5-15(13)20(27)29-16(14)8-12/h6-8,11H,2-5,9-10H2,1H3,(H,21,23)(H,22,26)(H,24,25)/p-1/t11-/m1/s1. The predicted octanol–water partition coefficient (Wildman–Crippen LogP) is -0.579. The maximum Gasteiger partial charge on any atom is 0.339 e. The number of aryl methyl sites for hydroxylation is 1. The predicted molar refractivity (Wildman–Crippen MR) is 100 cm³/mol. The number of benzene rings is 1. The number of carboxylic acids is 1. The molecule has 0 unspecified atom stereocenters. The molecule has 1 aliphatic carbocycles. The van der Waals surface area contributed by atoms with E-state index >= 15 is 0 Å². The van der Waals surface area contributed by atoms with Crippen molar-refractivity contribution < 1.29 is 28.6 Å². The third-order valence-corrected chi connectivity index (χ3v) is 4.73. The highest BCUT2D eigenvalue weighted by atomic mass is 16.5. The van der Waals surface area contributed by atoms with E-state index in [4.69, 9.17) is 9.15 Å². The monoisotopic (exact) mass is 401 g/mol. The summed E-state index contributed by atoms with van der Waals surface area (Å²) >= 11 is 0. The Balaban J connectivity index is 1.65. The van der Waals surface area contributed by atoms with Gasteiger partial charge in [0.25, 0.3) is 5.91 Å². The summed E-state index contributed by atoms with van der Waals surface area (Å²) < 4.78 is 11.0. The molecule has 2 amide bonds. The molecule has 0 spiro atoms. The molecule has 2 N–H and O–H groups in total. The third-order valence-electron chi connectivity index (χ3n) is 4.73. The van der Waals surface area contributed by atoms with Crippen LogP contribution in [0.4, 0.5) is 0 Å². The van der Waals surface area contributed by atoms with Crippen LogP contribution in [0, 0.1) is 0 Å². The molecule has 0 radical (unpaired) electrons. The highest BCUT2D eigenvalue weighted by molar-refractivity contribution is 5.88.